The molecule has 2 aromatic carbocycles. The summed E-state index contributed by atoms with van der Waals surface area (Å²) >= 11 is 0. The minimum Gasteiger partial charge on any atom is -0.508 e. The third-order valence-electron chi connectivity index (χ3n) is 16.3. The number of likely N-dealkylation sites (tertiary alicyclic amines) is 3. The van der Waals surface area contributed by atoms with Crippen LogP contribution in [0.15, 0.2) is 61.1 Å². The van der Waals surface area contributed by atoms with Crippen LogP contribution in [0.25, 0.3) is 0 Å². The molecule has 3 aliphatic rings. The SMILES string of the molecule is CC(C)C[C@H](NC(=O)[C@H](Cc1ccc(O)cc1)NC(=O)[C@@H](N)CCC(N)=O)C(=O)N[C@@H](CC(N)=O)C(=O)N1CCC[C@H]1C(=O)N1CCC[C@H]1C(=O)N1CCC[C@H]1C(=O)N[C@@H](Cc1ccc(O)cc1)C(=O)N[C@@H](C)C(=O)N[C@@H](CC(=O)O)C(=O)N[C@@H](Cc1cnc[nH]1)C(=O)O. The Morgan fingerprint density at radius 3 is 1.53 bits per heavy atom. The highest BCUT2D eigenvalue weighted by Crippen LogP contribution is 2.30. The number of hydrogen-bond donors (Lipinski definition) is 15. The summed E-state index contributed by atoms with van der Waals surface area (Å²) in [7, 11) is 0. The Bertz CT molecular complexity index is 3260. The number of hydrogen-bond acceptors (Lipinski definition) is 18. The monoisotopic (exact) mass is 1310 g/mol. The van der Waals surface area contributed by atoms with Gasteiger partial charge in [0.2, 0.25) is 70.9 Å². The third-order valence-corrected chi connectivity index (χ3v) is 16.3. The predicted octanol–water partition coefficient (Wildman–Crippen LogP) is -3.69. The number of phenols is 2. The van der Waals surface area contributed by atoms with Gasteiger partial charge in [0.1, 0.15) is 71.9 Å². The molecule has 0 radical (unpaired) electrons. The van der Waals surface area contributed by atoms with Gasteiger partial charge in [-0.15, -0.1) is 0 Å². The Labute approximate surface area is 539 Å². The van der Waals surface area contributed by atoms with E-state index in [0.29, 0.717) is 36.1 Å². The number of aromatic nitrogens is 2. The summed E-state index contributed by atoms with van der Waals surface area (Å²) in [4.78, 5) is 199. The van der Waals surface area contributed by atoms with E-state index in [1.165, 1.54) is 82.7 Å². The van der Waals surface area contributed by atoms with Crippen molar-refractivity contribution in [2.75, 3.05) is 19.6 Å². The minimum atomic E-state index is -1.82. The quantitative estimate of drug-likeness (QED) is 0.0279. The van der Waals surface area contributed by atoms with Gasteiger partial charge in [-0.3, -0.25) is 62.3 Å². The van der Waals surface area contributed by atoms with Crippen molar-refractivity contribution >= 4 is 82.8 Å². The van der Waals surface area contributed by atoms with E-state index in [-0.39, 0.29) is 94.8 Å². The molecule has 0 spiro atoms. The molecule has 510 valence electrons. The van der Waals surface area contributed by atoms with Crippen LogP contribution < -0.4 is 54.4 Å². The van der Waals surface area contributed by atoms with Gasteiger partial charge < -0.3 is 94.5 Å². The standard InChI is InChI=1S/C61H83N15O18/c1-31(2)23-39(70-55(87)41(25-34-12-16-37(78)17-13-34)69-52(84)38(62)18-19-48(63)79)54(86)72-43(27-49(64)80)58(90)75-21-5-8-46(75)60(92)76-22-6-9-47(76)59(91)74-20-4-7-45(74)57(89)71-40(24-33-10-14-36(77)15-11-33)53(85)67-32(3)51(83)68-42(28-50(81)82)56(88)73-44(61(93)94)26-35-29-65-30-66-35/h10-17,29-32,38-47,77-78H,4-9,18-28,62H2,1-3H3,(H2,63,79)(H2,64,80)(H,65,66)(H,67,85)(H,68,83)(H,69,84)(H,70,87)(H,71,89)(H,72,86)(H,73,88)(H,81,82)(H,93,94)/t32-,38-,39-,40-,41-,42-,43-,44-,45-,46-,47-/m0/s1. The Morgan fingerprint density at radius 1 is 0.543 bits per heavy atom. The highest BCUT2D eigenvalue weighted by molar-refractivity contribution is 6.00. The summed E-state index contributed by atoms with van der Waals surface area (Å²) in [6.07, 6.45) is 1.21. The molecule has 12 amide bonds. The molecule has 11 atom stereocenters. The first-order valence-electron chi connectivity index (χ1n) is 30.8. The maximum Gasteiger partial charge on any atom is 0.326 e. The van der Waals surface area contributed by atoms with Crippen LogP contribution in [0.5, 0.6) is 11.5 Å². The van der Waals surface area contributed by atoms with Gasteiger partial charge in [0.25, 0.3) is 0 Å². The van der Waals surface area contributed by atoms with Crippen LogP contribution in [0.4, 0.5) is 0 Å². The van der Waals surface area contributed by atoms with Crippen molar-refractivity contribution in [2.24, 2.45) is 23.1 Å². The first kappa shape index (κ1) is 72.8. The number of H-pyrrole nitrogens is 1. The van der Waals surface area contributed by atoms with Crippen LogP contribution in [0.3, 0.4) is 0 Å². The van der Waals surface area contributed by atoms with E-state index in [1.807, 2.05) is 0 Å². The van der Waals surface area contributed by atoms with Gasteiger partial charge in [-0.1, -0.05) is 38.1 Å². The Hall–Kier alpha value is -10.2. The van der Waals surface area contributed by atoms with Gasteiger partial charge in [-0.25, -0.2) is 9.78 Å². The van der Waals surface area contributed by atoms with E-state index in [9.17, 15) is 87.5 Å². The van der Waals surface area contributed by atoms with Gasteiger partial charge in [-0.2, -0.15) is 0 Å². The molecule has 0 unspecified atom stereocenters. The number of rotatable bonds is 33. The average Bonchev–Trinajstić information content (AvgIpc) is 1.62. The lowest BCUT2D eigenvalue weighted by Crippen LogP contribution is -2.60. The Morgan fingerprint density at radius 2 is 1.01 bits per heavy atom. The average molecular weight is 1310 g/mol. The van der Waals surface area contributed by atoms with Crippen LogP contribution in [0, 0.1) is 5.92 Å². The maximum atomic E-state index is 14.8. The molecule has 3 fully saturated rings. The normalized spacial score (nSPS) is 18.6. The number of benzene rings is 2. The third kappa shape index (κ3) is 20.9. The molecule has 4 heterocycles. The Balaban J connectivity index is 1.13. The van der Waals surface area contributed by atoms with E-state index in [2.05, 4.69) is 47.2 Å². The molecule has 33 nitrogen and oxygen atoms in total. The zero-order valence-corrected chi connectivity index (χ0v) is 52.2. The van der Waals surface area contributed by atoms with Crippen LogP contribution in [0.1, 0.15) is 108 Å². The number of primary amides is 2. The number of carbonyl (C=O) groups is 14. The van der Waals surface area contributed by atoms with Crippen molar-refractivity contribution in [3.63, 3.8) is 0 Å². The molecule has 0 saturated carbocycles. The molecule has 3 aliphatic heterocycles. The molecule has 33 heteroatoms. The number of carboxylic acids is 2. The molecule has 6 rings (SSSR count). The molecule has 94 heavy (non-hydrogen) atoms. The van der Waals surface area contributed by atoms with Crippen molar-refractivity contribution in [3.8, 4) is 11.5 Å². The fourth-order valence-electron chi connectivity index (χ4n) is 11.4. The van der Waals surface area contributed by atoms with E-state index in [1.54, 1.807) is 13.8 Å². The number of aromatic amines is 1. The summed E-state index contributed by atoms with van der Waals surface area (Å²) < 4.78 is 0. The van der Waals surface area contributed by atoms with E-state index < -0.39 is 162 Å². The number of imidazole rings is 1. The van der Waals surface area contributed by atoms with E-state index in [4.69, 9.17) is 17.2 Å². The molecule has 3 aromatic rings. The second-order valence-corrected chi connectivity index (χ2v) is 24.0. The highest BCUT2D eigenvalue weighted by atomic mass is 16.4. The predicted molar refractivity (Wildman–Crippen MR) is 329 cm³/mol. The van der Waals surface area contributed by atoms with E-state index in [0.717, 1.165) is 0 Å². The number of nitrogens with one attached hydrogen (secondary N) is 8. The molecule has 0 aliphatic carbocycles. The lowest BCUT2D eigenvalue weighted by Gasteiger charge is -2.35. The number of amides is 12. The lowest BCUT2D eigenvalue weighted by atomic mass is 10.00. The van der Waals surface area contributed by atoms with Gasteiger partial charge >= 0.3 is 11.9 Å². The molecular formula is C61H83N15O18. The number of aliphatic carboxylic acids is 2. The summed E-state index contributed by atoms with van der Waals surface area (Å²) in [5.41, 5.74) is 18.1. The second-order valence-electron chi connectivity index (χ2n) is 24.0. The smallest absolute Gasteiger partial charge is 0.326 e. The number of carbonyl (C=O) groups excluding carboxylic acids is 12. The fourth-order valence-corrected chi connectivity index (χ4v) is 11.4. The first-order valence-corrected chi connectivity index (χ1v) is 30.8. The number of aromatic hydroxyl groups is 2. The summed E-state index contributed by atoms with van der Waals surface area (Å²) in [6, 6.07) is -4.18. The number of nitrogens with zero attached hydrogens (tertiary/aromatic N) is 4. The second kappa shape index (κ2) is 33.9. The largest absolute Gasteiger partial charge is 0.508 e. The van der Waals surface area contributed by atoms with Gasteiger partial charge in [0, 0.05) is 57.2 Å². The number of carboxylic acid groups (broad SMARTS) is 2. The zero-order valence-electron chi connectivity index (χ0n) is 52.2. The van der Waals surface area contributed by atoms with Crippen LogP contribution in [-0.2, 0) is 86.4 Å². The summed E-state index contributed by atoms with van der Waals surface area (Å²) in [5, 5.41) is 56.6. The zero-order chi connectivity index (χ0) is 69.1. The molecular weight excluding hydrogens is 1230 g/mol. The molecule has 18 N–H and O–H groups in total. The molecule has 0 bridgehead atoms. The molecule has 3 saturated heterocycles. The van der Waals surface area contributed by atoms with Gasteiger partial charge in [0.05, 0.1) is 25.2 Å². The van der Waals surface area contributed by atoms with E-state index >= 15 is 0 Å². The summed E-state index contributed by atoms with van der Waals surface area (Å²) in [5.74, 6) is -13.8. The van der Waals surface area contributed by atoms with Gasteiger partial charge in [0.15, 0.2) is 0 Å². The van der Waals surface area contributed by atoms with Crippen molar-refractivity contribution in [3.05, 3.63) is 77.9 Å². The summed E-state index contributed by atoms with van der Waals surface area (Å²) in [6.45, 7) is 4.83. The van der Waals surface area contributed by atoms with Crippen LogP contribution in [0.2, 0.25) is 0 Å². The van der Waals surface area contributed by atoms with Crippen LogP contribution >= 0.6 is 0 Å². The number of phenolic OH excluding ortho intramolecular Hbond substituents is 2. The number of nitrogens with two attached hydrogens (primary N) is 3. The van der Waals surface area contributed by atoms with Crippen LogP contribution in [-0.4, -0.2) is 214 Å². The van der Waals surface area contributed by atoms with Gasteiger partial charge in [-0.05, 0) is 99.6 Å². The minimum absolute atomic E-state index is 0.0128. The fraction of sp³-hybridized carbons (Fsp3) is 0.525. The lowest BCUT2D eigenvalue weighted by molar-refractivity contribution is -0.151. The maximum absolute atomic E-state index is 14.8. The van der Waals surface area contributed by atoms with Crippen molar-refractivity contribution in [1.82, 2.24) is 61.9 Å². The molecule has 1 aromatic heterocycles. The highest BCUT2D eigenvalue weighted by Gasteiger charge is 2.47. The Kier molecular flexibility index (Phi) is 26.3. The topological polar surface area (TPSA) is 521 Å². The van der Waals surface area contributed by atoms with Crippen molar-refractivity contribution in [1.29, 1.82) is 0 Å². The van der Waals surface area contributed by atoms with Crippen molar-refractivity contribution < 1.29 is 87.5 Å². The van der Waals surface area contributed by atoms with Crippen molar-refractivity contribution in [2.45, 2.75) is 177 Å². The first-order chi connectivity index (χ1) is 44.5.